The summed E-state index contributed by atoms with van der Waals surface area (Å²) in [4.78, 5) is 14.9. The number of morpholine rings is 1. The molecule has 0 saturated carbocycles. The Labute approximate surface area is 162 Å². The molecule has 0 bridgehead atoms. The van der Waals surface area contributed by atoms with E-state index < -0.39 is 0 Å². The van der Waals surface area contributed by atoms with Gasteiger partial charge in [-0.2, -0.15) is 0 Å². The number of carbonyl (C=O) groups excluding carboxylic acids is 1. The van der Waals surface area contributed by atoms with Gasteiger partial charge in [0.2, 0.25) is 0 Å². The maximum atomic E-state index is 12.6. The number of nitrogens with one attached hydrogen (secondary N) is 1. The molecule has 1 amide bonds. The monoisotopic (exact) mass is 418 g/mol. The Morgan fingerprint density at radius 1 is 1.15 bits per heavy atom. The van der Waals surface area contributed by atoms with Gasteiger partial charge in [-0.15, -0.1) is 0 Å². The zero-order valence-corrected chi connectivity index (χ0v) is 16.7. The van der Waals surface area contributed by atoms with E-state index >= 15 is 0 Å². The highest BCUT2D eigenvalue weighted by molar-refractivity contribution is 9.10. The lowest BCUT2D eigenvalue weighted by molar-refractivity contribution is -0.00521. The standard InChI is InChI=1S/C20H23BrN2O3/c1-13-11-23(12-14(2)26-13)16-6-4-15(5-7-16)22-20(24)18-10-17(25-3)8-9-19(18)21/h4-10,13-14H,11-12H2,1-3H3,(H,22,24). The van der Waals surface area contributed by atoms with Gasteiger partial charge >= 0.3 is 0 Å². The van der Waals surface area contributed by atoms with Crippen molar-refractivity contribution in [3.05, 3.63) is 52.5 Å². The molecule has 2 aromatic carbocycles. The minimum Gasteiger partial charge on any atom is -0.497 e. The van der Waals surface area contributed by atoms with Gasteiger partial charge in [0.15, 0.2) is 0 Å². The molecule has 0 spiro atoms. The molecule has 2 aromatic rings. The van der Waals surface area contributed by atoms with Crippen LogP contribution in [0.15, 0.2) is 46.9 Å². The molecule has 1 heterocycles. The van der Waals surface area contributed by atoms with E-state index in [1.54, 1.807) is 25.3 Å². The smallest absolute Gasteiger partial charge is 0.256 e. The second-order valence-electron chi connectivity index (χ2n) is 6.51. The second-order valence-corrected chi connectivity index (χ2v) is 7.36. The molecule has 3 rings (SSSR count). The quantitative estimate of drug-likeness (QED) is 0.802. The van der Waals surface area contributed by atoms with Crippen LogP contribution in [0.25, 0.3) is 0 Å². The number of carbonyl (C=O) groups is 1. The first-order chi connectivity index (χ1) is 12.5. The molecule has 0 aromatic heterocycles. The number of rotatable bonds is 4. The first kappa shape index (κ1) is 18.7. The zero-order valence-electron chi connectivity index (χ0n) is 15.2. The first-order valence-corrected chi connectivity index (χ1v) is 9.41. The van der Waals surface area contributed by atoms with E-state index in [0.29, 0.717) is 11.3 Å². The highest BCUT2D eigenvalue weighted by atomic mass is 79.9. The van der Waals surface area contributed by atoms with Crippen molar-refractivity contribution in [1.29, 1.82) is 0 Å². The highest BCUT2D eigenvalue weighted by Crippen LogP contribution is 2.25. The van der Waals surface area contributed by atoms with Crippen LogP contribution in [0.2, 0.25) is 0 Å². The lowest BCUT2D eigenvalue weighted by atomic mass is 10.1. The molecular weight excluding hydrogens is 396 g/mol. The van der Waals surface area contributed by atoms with Crippen LogP contribution in [0.4, 0.5) is 11.4 Å². The van der Waals surface area contributed by atoms with Crippen molar-refractivity contribution in [3.63, 3.8) is 0 Å². The minimum absolute atomic E-state index is 0.183. The third kappa shape index (κ3) is 4.37. The average molecular weight is 419 g/mol. The number of benzene rings is 2. The van der Waals surface area contributed by atoms with Crippen LogP contribution in [0, 0.1) is 0 Å². The lowest BCUT2D eigenvalue weighted by Gasteiger charge is -2.36. The Bertz CT molecular complexity index is 769. The Balaban J connectivity index is 1.70. The molecule has 2 unspecified atom stereocenters. The van der Waals surface area contributed by atoms with Crippen molar-refractivity contribution in [1.82, 2.24) is 0 Å². The number of ether oxygens (including phenoxy) is 2. The summed E-state index contributed by atoms with van der Waals surface area (Å²) >= 11 is 3.41. The minimum atomic E-state index is -0.183. The van der Waals surface area contributed by atoms with E-state index in [0.717, 1.165) is 28.9 Å². The number of nitrogens with zero attached hydrogens (tertiary/aromatic N) is 1. The highest BCUT2D eigenvalue weighted by Gasteiger charge is 2.22. The fourth-order valence-corrected chi connectivity index (χ4v) is 3.57. The predicted molar refractivity (Wildman–Crippen MR) is 107 cm³/mol. The van der Waals surface area contributed by atoms with Crippen molar-refractivity contribution in [2.75, 3.05) is 30.4 Å². The average Bonchev–Trinajstić information content (AvgIpc) is 2.62. The molecule has 5 nitrogen and oxygen atoms in total. The lowest BCUT2D eigenvalue weighted by Crippen LogP contribution is -2.45. The molecule has 6 heteroatoms. The van der Waals surface area contributed by atoms with E-state index in [4.69, 9.17) is 9.47 Å². The Morgan fingerprint density at radius 3 is 2.42 bits per heavy atom. The van der Waals surface area contributed by atoms with Crippen LogP contribution in [-0.2, 0) is 4.74 Å². The summed E-state index contributed by atoms with van der Waals surface area (Å²) in [6.45, 7) is 5.91. The van der Waals surface area contributed by atoms with E-state index in [1.807, 2.05) is 24.3 Å². The summed E-state index contributed by atoms with van der Waals surface area (Å²) in [5.41, 5.74) is 2.42. The molecule has 1 N–H and O–H groups in total. The maximum Gasteiger partial charge on any atom is 0.256 e. The van der Waals surface area contributed by atoms with E-state index in [1.165, 1.54) is 0 Å². The molecule has 1 aliphatic rings. The molecule has 2 atom stereocenters. The second kappa shape index (κ2) is 8.10. The van der Waals surface area contributed by atoms with E-state index in [9.17, 15) is 4.79 Å². The third-order valence-corrected chi connectivity index (χ3v) is 5.02. The topological polar surface area (TPSA) is 50.8 Å². The molecular formula is C20H23BrN2O3. The number of methoxy groups -OCH3 is 1. The number of amides is 1. The van der Waals surface area contributed by atoms with Crippen LogP contribution < -0.4 is 15.0 Å². The van der Waals surface area contributed by atoms with E-state index in [2.05, 4.69) is 40.0 Å². The van der Waals surface area contributed by atoms with Gasteiger partial charge in [-0.3, -0.25) is 4.79 Å². The summed E-state index contributed by atoms with van der Waals surface area (Å²) in [7, 11) is 1.58. The van der Waals surface area contributed by atoms with Crippen LogP contribution in [0.1, 0.15) is 24.2 Å². The maximum absolute atomic E-state index is 12.6. The molecule has 0 radical (unpaired) electrons. The molecule has 1 saturated heterocycles. The summed E-state index contributed by atoms with van der Waals surface area (Å²) < 4.78 is 11.7. The number of hydrogen-bond donors (Lipinski definition) is 1. The van der Waals surface area contributed by atoms with Crippen molar-refractivity contribution in [2.24, 2.45) is 0 Å². The number of anilines is 2. The normalized spacial score (nSPS) is 19.9. The van der Waals surface area contributed by atoms with Crippen molar-refractivity contribution in [2.45, 2.75) is 26.1 Å². The van der Waals surface area contributed by atoms with Gasteiger partial charge in [-0.1, -0.05) is 0 Å². The van der Waals surface area contributed by atoms with Crippen LogP contribution >= 0.6 is 15.9 Å². The van der Waals surface area contributed by atoms with Crippen molar-refractivity contribution >= 4 is 33.2 Å². The molecule has 1 aliphatic heterocycles. The fraction of sp³-hybridized carbons (Fsp3) is 0.350. The van der Waals surface area contributed by atoms with Gasteiger partial charge in [-0.05, 0) is 72.2 Å². The summed E-state index contributed by atoms with van der Waals surface area (Å²) in [5, 5.41) is 2.93. The molecule has 0 aliphatic carbocycles. The van der Waals surface area contributed by atoms with Gasteiger partial charge in [0, 0.05) is 28.9 Å². The van der Waals surface area contributed by atoms with Gasteiger partial charge < -0.3 is 19.7 Å². The fourth-order valence-electron chi connectivity index (χ4n) is 3.15. The van der Waals surface area contributed by atoms with Crippen molar-refractivity contribution in [3.8, 4) is 5.75 Å². The third-order valence-electron chi connectivity index (χ3n) is 4.33. The van der Waals surface area contributed by atoms with Crippen molar-refractivity contribution < 1.29 is 14.3 Å². The Hall–Kier alpha value is -2.05. The number of hydrogen-bond acceptors (Lipinski definition) is 4. The van der Waals surface area contributed by atoms with Gasteiger partial charge in [0.1, 0.15) is 5.75 Å². The Kier molecular flexibility index (Phi) is 5.84. The van der Waals surface area contributed by atoms with Crippen LogP contribution in [-0.4, -0.2) is 38.3 Å². The summed E-state index contributed by atoms with van der Waals surface area (Å²) in [6, 6.07) is 13.2. The van der Waals surface area contributed by atoms with Crippen LogP contribution in [0.5, 0.6) is 5.75 Å². The molecule has 26 heavy (non-hydrogen) atoms. The molecule has 138 valence electrons. The Morgan fingerprint density at radius 2 is 1.81 bits per heavy atom. The number of halogens is 1. The van der Waals surface area contributed by atoms with Gasteiger partial charge in [0.05, 0.1) is 24.9 Å². The SMILES string of the molecule is COc1ccc(Br)c(C(=O)Nc2ccc(N3CC(C)OC(C)C3)cc2)c1. The van der Waals surface area contributed by atoms with Gasteiger partial charge in [0.25, 0.3) is 5.91 Å². The van der Waals surface area contributed by atoms with E-state index in [-0.39, 0.29) is 18.1 Å². The molecule has 1 fully saturated rings. The van der Waals surface area contributed by atoms with Crippen LogP contribution in [0.3, 0.4) is 0 Å². The predicted octanol–water partition coefficient (Wildman–Crippen LogP) is 4.32. The summed E-state index contributed by atoms with van der Waals surface area (Å²) in [6.07, 6.45) is 0.423. The largest absolute Gasteiger partial charge is 0.497 e. The zero-order chi connectivity index (χ0) is 18.7. The van der Waals surface area contributed by atoms with Gasteiger partial charge in [-0.25, -0.2) is 0 Å². The summed E-state index contributed by atoms with van der Waals surface area (Å²) in [5.74, 6) is 0.460. The first-order valence-electron chi connectivity index (χ1n) is 8.61.